The summed E-state index contributed by atoms with van der Waals surface area (Å²) in [6.45, 7) is 1.88. The molecule has 32 heavy (non-hydrogen) atoms. The van der Waals surface area contributed by atoms with Gasteiger partial charge in [0, 0.05) is 32.1 Å². The lowest BCUT2D eigenvalue weighted by Gasteiger charge is -2.37. The molecule has 0 saturated carbocycles. The number of rotatable bonds is 5. The molecule has 0 spiro atoms. The normalized spacial score (nSPS) is 20.8. The van der Waals surface area contributed by atoms with Crippen LogP contribution in [0, 0.1) is 0 Å². The van der Waals surface area contributed by atoms with E-state index in [4.69, 9.17) is 5.73 Å². The zero-order valence-electron chi connectivity index (χ0n) is 17.2. The van der Waals surface area contributed by atoms with Gasteiger partial charge in [0.05, 0.1) is 23.0 Å². The molecule has 5 rings (SSSR count). The van der Waals surface area contributed by atoms with E-state index in [1.54, 1.807) is 24.4 Å². The third-order valence-corrected chi connectivity index (χ3v) is 6.02. The Kier molecular flexibility index (Phi) is 4.86. The van der Waals surface area contributed by atoms with Gasteiger partial charge in [0.25, 0.3) is 11.8 Å². The summed E-state index contributed by atoms with van der Waals surface area (Å²) in [6, 6.07) is 8.08. The third kappa shape index (κ3) is 3.38. The fourth-order valence-electron chi connectivity index (χ4n) is 4.31. The molecule has 2 aromatic rings. The molecule has 0 bridgehead atoms. The van der Waals surface area contributed by atoms with Crippen molar-refractivity contribution in [1.82, 2.24) is 15.2 Å². The summed E-state index contributed by atoms with van der Waals surface area (Å²) < 4.78 is 0. The molecule has 3 aliphatic rings. The fourth-order valence-corrected chi connectivity index (χ4v) is 4.31. The molecule has 10 nitrogen and oxygen atoms in total. The van der Waals surface area contributed by atoms with Gasteiger partial charge >= 0.3 is 0 Å². The first-order valence-electron chi connectivity index (χ1n) is 10.5. The van der Waals surface area contributed by atoms with Crippen LogP contribution in [0.1, 0.15) is 39.1 Å². The van der Waals surface area contributed by atoms with Gasteiger partial charge in [0.2, 0.25) is 11.8 Å². The second-order valence-corrected chi connectivity index (χ2v) is 8.21. The quantitative estimate of drug-likeness (QED) is 0.569. The molecule has 1 unspecified atom stereocenters. The van der Waals surface area contributed by atoms with Crippen LogP contribution in [-0.2, 0) is 16.1 Å². The molecule has 2 saturated heterocycles. The van der Waals surface area contributed by atoms with Crippen molar-refractivity contribution in [3.63, 3.8) is 0 Å². The molecule has 0 radical (unpaired) electrons. The van der Waals surface area contributed by atoms with E-state index in [2.05, 4.69) is 20.5 Å². The average Bonchev–Trinajstić information content (AvgIpc) is 3.01. The molecule has 3 aliphatic heterocycles. The Morgan fingerprint density at radius 1 is 1.09 bits per heavy atom. The second kappa shape index (κ2) is 7.72. The van der Waals surface area contributed by atoms with Crippen LogP contribution in [0.4, 0.5) is 11.5 Å². The SMILES string of the molecule is NC1CN(c2ccc(NCc3cccc4c3C(=O)N(C3CCC(=O)NC3=O)C4=O)cn2)C1. The van der Waals surface area contributed by atoms with Crippen LogP contribution in [0.25, 0.3) is 0 Å². The molecule has 2 fully saturated rings. The highest BCUT2D eigenvalue weighted by Crippen LogP contribution is 2.30. The zero-order chi connectivity index (χ0) is 22.4. The number of hydrogen-bond acceptors (Lipinski definition) is 8. The Bertz CT molecular complexity index is 1130. The van der Waals surface area contributed by atoms with Gasteiger partial charge in [-0.25, -0.2) is 4.98 Å². The first-order chi connectivity index (χ1) is 15.4. The van der Waals surface area contributed by atoms with Crippen LogP contribution in [0.15, 0.2) is 36.5 Å². The first-order valence-corrected chi connectivity index (χ1v) is 10.5. The standard InChI is InChI=1S/C22H22N6O4/c23-13-10-27(11-13)17-6-4-14(9-25-17)24-8-12-2-1-3-15-19(12)22(32)28(21(15)31)16-5-7-18(29)26-20(16)30/h1-4,6,9,13,16,24H,5,7-8,10-11,23H2,(H,26,29,30). The Hall–Kier alpha value is -3.79. The third-order valence-electron chi connectivity index (χ3n) is 6.02. The van der Waals surface area contributed by atoms with Crippen molar-refractivity contribution in [2.75, 3.05) is 23.3 Å². The van der Waals surface area contributed by atoms with Crippen LogP contribution in [-0.4, -0.2) is 58.7 Å². The van der Waals surface area contributed by atoms with Crippen molar-refractivity contribution in [1.29, 1.82) is 0 Å². The zero-order valence-corrected chi connectivity index (χ0v) is 17.2. The van der Waals surface area contributed by atoms with E-state index in [0.717, 1.165) is 29.5 Å². The first kappa shape index (κ1) is 20.1. The molecule has 1 aromatic carbocycles. The van der Waals surface area contributed by atoms with Gasteiger partial charge in [-0.3, -0.25) is 29.4 Å². The molecule has 164 valence electrons. The number of fused-ring (bicyclic) bond motifs is 1. The number of pyridine rings is 1. The maximum absolute atomic E-state index is 13.1. The summed E-state index contributed by atoms with van der Waals surface area (Å²) >= 11 is 0. The van der Waals surface area contributed by atoms with Crippen LogP contribution in [0.2, 0.25) is 0 Å². The maximum atomic E-state index is 13.1. The summed E-state index contributed by atoms with van der Waals surface area (Å²) in [5.41, 5.74) is 7.78. The largest absolute Gasteiger partial charge is 0.380 e. The van der Waals surface area contributed by atoms with Crippen molar-refractivity contribution < 1.29 is 19.2 Å². The Balaban J connectivity index is 1.32. The van der Waals surface area contributed by atoms with E-state index in [9.17, 15) is 19.2 Å². The molecule has 4 heterocycles. The molecule has 1 atom stereocenters. The summed E-state index contributed by atoms with van der Waals surface area (Å²) in [7, 11) is 0. The lowest BCUT2D eigenvalue weighted by atomic mass is 10.0. The van der Waals surface area contributed by atoms with Crippen molar-refractivity contribution in [2.45, 2.75) is 31.5 Å². The summed E-state index contributed by atoms with van der Waals surface area (Å²) in [6.07, 6.45) is 1.93. The predicted octanol–water partition coefficient (Wildman–Crippen LogP) is 0.242. The van der Waals surface area contributed by atoms with Gasteiger partial charge in [0.15, 0.2) is 0 Å². The number of carbonyl (C=O) groups excluding carboxylic acids is 4. The second-order valence-electron chi connectivity index (χ2n) is 8.21. The lowest BCUT2D eigenvalue weighted by molar-refractivity contribution is -0.136. The molecular weight excluding hydrogens is 412 g/mol. The fraction of sp³-hybridized carbons (Fsp3) is 0.318. The number of anilines is 2. The Morgan fingerprint density at radius 3 is 2.59 bits per heavy atom. The number of imide groups is 2. The summed E-state index contributed by atoms with van der Waals surface area (Å²) in [5.74, 6) is -1.19. The molecule has 0 aliphatic carbocycles. The number of nitrogens with two attached hydrogens (primary N) is 1. The van der Waals surface area contributed by atoms with E-state index >= 15 is 0 Å². The highest BCUT2D eigenvalue weighted by atomic mass is 16.2. The Morgan fingerprint density at radius 2 is 1.91 bits per heavy atom. The minimum atomic E-state index is -0.979. The molecule has 1 aromatic heterocycles. The predicted molar refractivity (Wildman–Crippen MR) is 115 cm³/mol. The van der Waals surface area contributed by atoms with Gasteiger partial charge < -0.3 is 16.0 Å². The topological polar surface area (TPSA) is 138 Å². The van der Waals surface area contributed by atoms with Crippen LogP contribution in [0.5, 0.6) is 0 Å². The molecule has 10 heteroatoms. The number of aromatic nitrogens is 1. The number of hydrogen-bond donors (Lipinski definition) is 3. The number of benzene rings is 1. The van der Waals surface area contributed by atoms with Crippen molar-refractivity contribution in [3.05, 3.63) is 53.2 Å². The minimum Gasteiger partial charge on any atom is -0.380 e. The van der Waals surface area contributed by atoms with E-state index in [0.29, 0.717) is 12.1 Å². The summed E-state index contributed by atoms with van der Waals surface area (Å²) in [4.78, 5) is 57.2. The maximum Gasteiger partial charge on any atom is 0.262 e. The molecule has 4 N–H and O–H groups in total. The number of amides is 4. The minimum absolute atomic E-state index is 0.0879. The monoisotopic (exact) mass is 434 g/mol. The van der Waals surface area contributed by atoms with E-state index in [1.807, 2.05) is 12.1 Å². The van der Waals surface area contributed by atoms with Crippen molar-refractivity contribution >= 4 is 35.1 Å². The number of piperidine rings is 1. The van der Waals surface area contributed by atoms with Gasteiger partial charge in [-0.05, 0) is 30.2 Å². The van der Waals surface area contributed by atoms with Gasteiger partial charge in [-0.1, -0.05) is 12.1 Å². The van der Waals surface area contributed by atoms with Crippen LogP contribution < -0.4 is 21.3 Å². The Labute approximate surface area is 183 Å². The molecule has 4 amide bonds. The van der Waals surface area contributed by atoms with Crippen LogP contribution in [0.3, 0.4) is 0 Å². The number of carbonyl (C=O) groups is 4. The number of nitrogens with one attached hydrogen (secondary N) is 2. The highest BCUT2D eigenvalue weighted by molar-refractivity contribution is 6.24. The smallest absolute Gasteiger partial charge is 0.262 e. The van der Waals surface area contributed by atoms with E-state index < -0.39 is 29.7 Å². The lowest BCUT2D eigenvalue weighted by Crippen LogP contribution is -2.56. The highest BCUT2D eigenvalue weighted by Gasteiger charge is 2.45. The van der Waals surface area contributed by atoms with Crippen molar-refractivity contribution in [2.24, 2.45) is 5.73 Å². The van der Waals surface area contributed by atoms with E-state index in [1.165, 1.54) is 0 Å². The van der Waals surface area contributed by atoms with Gasteiger partial charge in [0.1, 0.15) is 11.9 Å². The van der Waals surface area contributed by atoms with Crippen LogP contribution >= 0.6 is 0 Å². The average molecular weight is 434 g/mol. The van der Waals surface area contributed by atoms with E-state index in [-0.39, 0.29) is 30.0 Å². The number of nitrogens with zero attached hydrogens (tertiary/aromatic N) is 3. The molecular formula is C22H22N6O4. The van der Waals surface area contributed by atoms with Gasteiger partial charge in [-0.15, -0.1) is 0 Å². The van der Waals surface area contributed by atoms with Gasteiger partial charge in [-0.2, -0.15) is 0 Å². The summed E-state index contributed by atoms with van der Waals surface area (Å²) in [5, 5.41) is 5.44. The van der Waals surface area contributed by atoms with Crippen molar-refractivity contribution in [3.8, 4) is 0 Å².